The topological polar surface area (TPSA) is 9.23 Å². The molecule has 0 atom stereocenters. The minimum atomic E-state index is 0. The second-order valence-electron chi connectivity index (χ2n) is 3.20. The van der Waals surface area contributed by atoms with Gasteiger partial charge in [0.25, 0.3) is 0 Å². The Morgan fingerprint density at radius 2 is 1.56 bits per heavy atom. The Labute approximate surface area is 114 Å². The largest absolute Gasteiger partial charge is 0.457 e. The summed E-state index contributed by atoms with van der Waals surface area (Å²) >= 11 is 3.42. The first-order chi connectivity index (χ1) is 7.38. The van der Waals surface area contributed by atoms with Crippen molar-refractivity contribution in [2.75, 3.05) is 0 Å². The molecule has 0 aliphatic carbocycles. The maximum absolute atomic E-state index is 5.70. The Balaban J connectivity index is 0.00000128. The van der Waals surface area contributed by atoms with Crippen LogP contribution in [-0.4, -0.2) is 0 Å². The normalized spacial score (nSPS) is 9.31. The van der Waals surface area contributed by atoms with E-state index in [1.54, 1.807) is 0 Å². The minimum Gasteiger partial charge on any atom is -0.457 e. The van der Waals surface area contributed by atoms with Gasteiger partial charge in [0, 0.05) is 5.33 Å². The summed E-state index contributed by atoms with van der Waals surface area (Å²) in [5.41, 5.74) is 1.21. The van der Waals surface area contributed by atoms with Gasteiger partial charge in [-0.15, -0.1) is 17.0 Å². The van der Waals surface area contributed by atoms with E-state index in [2.05, 4.69) is 22.0 Å². The molecule has 0 bridgehead atoms. The molecule has 0 aliphatic heterocycles. The molecule has 2 aromatic carbocycles. The first-order valence-corrected chi connectivity index (χ1v) is 5.88. The van der Waals surface area contributed by atoms with Gasteiger partial charge in [0.1, 0.15) is 11.5 Å². The van der Waals surface area contributed by atoms with Crippen LogP contribution in [0.1, 0.15) is 5.56 Å². The Morgan fingerprint density at radius 3 is 2.25 bits per heavy atom. The SMILES string of the molecule is Br.BrCc1cccc(Oc2ccccc2)c1. The molecule has 0 radical (unpaired) electrons. The number of halogens is 2. The summed E-state index contributed by atoms with van der Waals surface area (Å²) in [6, 6.07) is 17.8. The highest BCUT2D eigenvalue weighted by Gasteiger charge is 1.97. The molecule has 3 heteroatoms. The van der Waals surface area contributed by atoms with Gasteiger partial charge >= 0.3 is 0 Å². The summed E-state index contributed by atoms with van der Waals surface area (Å²) in [5.74, 6) is 1.74. The van der Waals surface area contributed by atoms with Crippen LogP contribution in [0.3, 0.4) is 0 Å². The Hall–Kier alpha value is -0.800. The molecule has 1 nitrogen and oxygen atoms in total. The van der Waals surface area contributed by atoms with E-state index in [0.29, 0.717) is 0 Å². The van der Waals surface area contributed by atoms with Crippen LogP contribution in [0.2, 0.25) is 0 Å². The van der Waals surface area contributed by atoms with Crippen molar-refractivity contribution in [3.63, 3.8) is 0 Å². The smallest absolute Gasteiger partial charge is 0.127 e. The molecule has 2 rings (SSSR count). The summed E-state index contributed by atoms with van der Waals surface area (Å²) in [5, 5.41) is 0.846. The molecule has 0 saturated heterocycles. The highest BCUT2D eigenvalue weighted by molar-refractivity contribution is 9.08. The van der Waals surface area contributed by atoms with Gasteiger partial charge in [-0.05, 0) is 29.8 Å². The fraction of sp³-hybridized carbons (Fsp3) is 0.0769. The maximum Gasteiger partial charge on any atom is 0.127 e. The summed E-state index contributed by atoms with van der Waals surface area (Å²) < 4.78 is 5.70. The van der Waals surface area contributed by atoms with E-state index in [1.165, 1.54) is 5.56 Å². The molecule has 0 aromatic heterocycles. The van der Waals surface area contributed by atoms with Crippen LogP contribution in [0.25, 0.3) is 0 Å². The molecule has 0 unspecified atom stereocenters. The molecular formula is C13H12Br2O. The van der Waals surface area contributed by atoms with E-state index in [-0.39, 0.29) is 17.0 Å². The lowest BCUT2D eigenvalue weighted by molar-refractivity contribution is 0.482. The van der Waals surface area contributed by atoms with Crippen LogP contribution in [-0.2, 0) is 5.33 Å². The molecule has 84 valence electrons. The fourth-order valence-corrected chi connectivity index (χ4v) is 1.67. The van der Waals surface area contributed by atoms with E-state index in [0.717, 1.165) is 16.8 Å². The van der Waals surface area contributed by atoms with Gasteiger partial charge in [0.2, 0.25) is 0 Å². The second-order valence-corrected chi connectivity index (χ2v) is 3.76. The van der Waals surface area contributed by atoms with Crippen molar-refractivity contribution in [1.82, 2.24) is 0 Å². The van der Waals surface area contributed by atoms with Crippen molar-refractivity contribution in [3.05, 3.63) is 60.2 Å². The van der Waals surface area contributed by atoms with Crippen LogP contribution in [0, 0.1) is 0 Å². The van der Waals surface area contributed by atoms with E-state index < -0.39 is 0 Å². The molecule has 0 amide bonds. The third-order valence-corrected chi connectivity index (χ3v) is 2.68. The maximum atomic E-state index is 5.70. The lowest BCUT2D eigenvalue weighted by Gasteiger charge is -2.06. The standard InChI is InChI=1S/C13H11BrO.BrH/c14-10-11-5-4-8-13(9-11)15-12-6-2-1-3-7-12;/h1-9H,10H2;1H. The average molecular weight is 344 g/mol. The first kappa shape index (κ1) is 13.3. The number of benzene rings is 2. The quantitative estimate of drug-likeness (QED) is 0.716. The van der Waals surface area contributed by atoms with Crippen LogP contribution >= 0.6 is 32.9 Å². The molecule has 16 heavy (non-hydrogen) atoms. The van der Waals surface area contributed by atoms with Gasteiger partial charge in [-0.3, -0.25) is 0 Å². The monoisotopic (exact) mass is 342 g/mol. The molecule has 0 N–H and O–H groups in total. The zero-order valence-corrected chi connectivity index (χ0v) is 11.9. The van der Waals surface area contributed by atoms with Crippen molar-refractivity contribution < 1.29 is 4.74 Å². The van der Waals surface area contributed by atoms with E-state index in [4.69, 9.17) is 4.74 Å². The predicted molar refractivity (Wildman–Crippen MR) is 75.9 cm³/mol. The zero-order chi connectivity index (χ0) is 10.5. The molecule has 0 spiro atoms. The third-order valence-electron chi connectivity index (χ3n) is 2.03. The highest BCUT2D eigenvalue weighted by atomic mass is 79.9. The zero-order valence-electron chi connectivity index (χ0n) is 8.60. The highest BCUT2D eigenvalue weighted by Crippen LogP contribution is 2.22. The van der Waals surface area contributed by atoms with Gasteiger partial charge in [-0.25, -0.2) is 0 Å². The van der Waals surface area contributed by atoms with Crippen LogP contribution in [0.15, 0.2) is 54.6 Å². The van der Waals surface area contributed by atoms with Crippen molar-refractivity contribution in [1.29, 1.82) is 0 Å². The lowest BCUT2D eigenvalue weighted by atomic mass is 10.2. The fourth-order valence-electron chi connectivity index (χ4n) is 1.32. The summed E-state index contributed by atoms with van der Waals surface area (Å²) in [4.78, 5) is 0. The first-order valence-electron chi connectivity index (χ1n) is 4.76. The van der Waals surface area contributed by atoms with Crippen molar-refractivity contribution in [2.45, 2.75) is 5.33 Å². The van der Waals surface area contributed by atoms with Crippen LogP contribution < -0.4 is 4.74 Å². The van der Waals surface area contributed by atoms with Gasteiger partial charge in [-0.1, -0.05) is 46.3 Å². The third kappa shape index (κ3) is 3.65. The lowest BCUT2D eigenvalue weighted by Crippen LogP contribution is -1.84. The van der Waals surface area contributed by atoms with E-state index in [1.807, 2.05) is 48.5 Å². The van der Waals surface area contributed by atoms with Gasteiger partial charge in [-0.2, -0.15) is 0 Å². The predicted octanol–water partition coefficient (Wildman–Crippen LogP) is 4.95. The van der Waals surface area contributed by atoms with Gasteiger partial charge < -0.3 is 4.74 Å². The summed E-state index contributed by atoms with van der Waals surface area (Å²) in [6.45, 7) is 0. The average Bonchev–Trinajstić information content (AvgIpc) is 2.31. The van der Waals surface area contributed by atoms with Gasteiger partial charge in [0.05, 0.1) is 0 Å². The molecule has 0 aliphatic rings. The molecule has 0 saturated carbocycles. The van der Waals surface area contributed by atoms with E-state index >= 15 is 0 Å². The van der Waals surface area contributed by atoms with E-state index in [9.17, 15) is 0 Å². The Kier molecular flexibility index (Phi) is 5.56. The molecule has 2 aromatic rings. The van der Waals surface area contributed by atoms with Crippen LogP contribution in [0.5, 0.6) is 11.5 Å². The number of hydrogen-bond donors (Lipinski definition) is 0. The van der Waals surface area contributed by atoms with Crippen molar-refractivity contribution >= 4 is 32.9 Å². The second kappa shape index (κ2) is 6.71. The number of ether oxygens (including phenoxy) is 1. The molecule has 0 heterocycles. The number of rotatable bonds is 3. The Bertz CT molecular complexity index is 429. The summed E-state index contributed by atoms with van der Waals surface area (Å²) in [7, 11) is 0. The number of hydrogen-bond acceptors (Lipinski definition) is 1. The Morgan fingerprint density at radius 1 is 0.875 bits per heavy atom. The number of alkyl halides is 1. The van der Waals surface area contributed by atoms with Crippen molar-refractivity contribution in [3.8, 4) is 11.5 Å². The molecule has 0 fully saturated rings. The minimum absolute atomic E-state index is 0. The molecular weight excluding hydrogens is 332 g/mol. The van der Waals surface area contributed by atoms with Crippen LogP contribution in [0.4, 0.5) is 0 Å². The summed E-state index contributed by atoms with van der Waals surface area (Å²) in [6.07, 6.45) is 0. The number of para-hydroxylation sites is 1. The van der Waals surface area contributed by atoms with Gasteiger partial charge in [0.15, 0.2) is 0 Å². The van der Waals surface area contributed by atoms with Crippen molar-refractivity contribution in [2.24, 2.45) is 0 Å².